The molecular formula is C20H22N2O6S. The van der Waals surface area contributed by atoms with Crippen molar-refractivity contribution in [2.75, 3.05) is 27.4 Å². The predicted molar refractivity (Wildman–Crippen MR) is 110 cm³/mol. The summed E-state index contributed by atoms with van der Waals surface area (Å²) in [4.78, 5) is 14.4. The number of methoxy groups -OCH3 is 2. The van der Waals surface area contributed by atoms with Crippen molar-refractivity contribution in [2.24, 2.45) is 0 Å². The summed E-state index contributed by atoms with van der Waals surface area (Å²) in [7, 11) is -1.15. The third kappa shape index (κ3) is 4.36. The fourth-order valence-corrected chi connectivity index (χ4v) is 4.25. The van der Waals surface area contributed by atoms with Gasteiger partial charge in [-0.1, -0.05) is 18.2 Å². The molecule has 0 radical (unpaired) electrons. The molecule has 0 bridgehead atoms. The van der Waals surface area contributed by atoms with Gasteiger partial charge in [-0.3, -0.25) is 4.79 Å². The van der Waals surface area contributed by atoms with Crippen molar-refractivity contribution in [2.45, 2.75) is 11.8 Å². The van der Waals surface area contributed by atoms with Crippen LogP contribution in [0.25, 0.3) is 10.9 Å². The molecule has 1 aromatic heterocycles. The first kappa shape index (κ1) is 20.7. The molecule has 2 N–H and O–H groups in total. The number of aromatic amines is 1. The molecular weight excluding hydrogens is 396 g/mol. The van der Waals surface area contributed by atoms with Crippen LogP contribution in [0.3, 0.4) is 0 Å². The van der Waals surface area contributed by atoms with Crippen LogP contribution in [0.2, 0.25) is 0 Å². The number of pyridine rings is 1. The van der Waals surface area contributed by atoms with Crippen LogP contribution >= 0.6 is 0 Å². The van der Waals surface area contributed by atoms with E-state index in [2.05, 4.69) is 9.71 Å². The van der Waals surface area contributed by atoms with E-state index in [1.54, 1.807) is 19.1 Å². The molecule has 0 amide bonds. The van der Waals surface area contributed by atoms with Crippen molar-refractivity contribution in [1.29, 1.82) is 0 Å². The Morgan fingerprint density at radius 1 is 1.07 bits per heavy atom. The summed E-state index contributed by atoms with van der Waals surface area (Å²) < 4.78 is 44.6. The minimum Gasteiger partial charge on any atom is -0.495 e. The molecule has 1 heterocycles. The van der Waals surface area contributed by atoms with Crippen LogP contribution in [0, 0.1) is 6.92 Å². The maximum Gasteiger partial charge on any atom is 0.248 e. The molecule has 0 aliphatic heterocycles. The standard InChI is InChI=1S/C20H22N2O6S/c1-13-11-17(23)22-19-15(26-2)12-16(20(27-3)18(13)19)29(24,25)21-9-10-28-14-7-5-4-6-8-14/h4-8,11-12,21H,9-10H2,1-3H3,(H,22,23). The fourth-order valence-electron chi connectivity index (χ4n) is 3.05. The molecule has 0 fully saturated rings. The van der Waals surface area contributed by atoms with Crippen molar-refractivity contribution in [3.63, 3.8) is 0 Å². The smallest absolute Gasteiger partial charge is 0.248 e. The Kier molecular flexibility index (Phi) is 6.09. The lowest BCUT2D eigenvalue weighted by Gasteiger charge is -2.17. The third-order valence-corrected chi connectivity index (χ3v) is 5.79. The number of sulfonamides is 1. The monoisotopic (exact) mass is 418 g/mol. The number of hydrogen-bond acceptors (Lipinski definition) is 6. The van der Waals surface area contributed by atoms with Crippen LogP contribution in [-0.4, -0.2) is 40.8 Å². The zero-order valence-corrected chi connectivity index (χ0v) is 17.1. The number of aromatic nitrogens is 1. The van der Waals surface area contributed by atoms with E-state index >= 15 is 0 Å². The average Bonchev–Trinajstić information content (AvgIpc) is 2.70. The Balaban J connectivity index is 1.93. The molecule has 154 valence electrons. The summed E-state index contributed by atoms with van der Waals surface area (Å²) in [6.07, 6.45) is 0. The van der Waals surface area contributed by atoms with Gasteiger partial charge in [-0.25, -0.2) is 13.1 Å². The number of para-hydroxylation sites is 1. The number of ether oxygens (including phenoxy) is 3. The summed E-state index contributed by atoms with van der Waals surface area (Å²) in [6.45, 7) is 1.92. The Hall–Kier alpha value is -3.04. The summed E-state index contributed by atoms with van der Waals surface area (Å²) >= 11 is 0. The number of nitrogens with one attached hydrogen (secondary N) is 2. The van der Waals surface area contributed by atoms with Gasteiger partial charge in [-0.2, -0.15) is 0 Å². The maximum atomic E-state index is 12.9. The average molecular weight is 418 g/mol. The van der Waals surface area contributed by atoms with Crippen LogP contribution in [0.4, 0.5) is 0 Å². The first-order chi connectivity index (χ1) is 13.9. The lowest BCUT2D eigenvalue weighted by atomic mass is 10.1. The van der Waals surface area contributed by atoms with E-state index in [-0.39, 0.29) is 35.1 Å². The van der Waals surface area contributed by atoms with Crippen molar-refractivity contribution in [1.82, 2.24) is 9.71 Å². The second kappa shape index (κ2) is 8.54. The number of benzene rings is 2. The highest BCUT2D eigenvalue weighted by atomic mass is 32.2. The molecule has 2 aromatic carbocycles. The van der Waals surface area contributed by atoms with E-state index in [1.165, 1.54) is 26.4 Å². The zero-order valence-electron chi connectivity index (χ0n) is 16.3. The van der Waals surface area contributed by atoms with Gasteiger partial charge in [-0.15, -0.1) is 0 Å². The van der Waals surface area contributed by atoms with E-state index in [0.29, 0.717) is 22.2 Å². The van der Waals surface area contributed by atoms with Crippen molar-refractivity contribution < 1.29 is 22.6 Å². The molecule has 3 aromatic rings. The van der Waals surface area contributed by atoms with Gasteiger partial charge in [0.25, 0.3) is 0 Å². The number of aryl methyl sites for hydroxylation is 1. The first-order valence-corrected chi connectivity index (χ1v) is 10.3. The number of fused-ring (bicyclic) bond motifs is 1. The molecule has 0 spiro atoms. The quantitative estimate of drug-likeness (QED) is 0.543. The van der Waals surface area contributed by atoms with Crippen LogP contribution in [0.5, 0.6) is 17.2 Å². The molecule has 0 unspecified atom stereocenters. The van der Waals surface area contributed by atoms with E-state index in [1.807, 2.05) is 18.2 Å². The summed E-state index contributed by atoms with van der Waals surface area (Å²) in [6, 6.07) is 11.8. The molecule has 0 atom stereocenters. The highest BCUT2D eigenvalue weighted by Gasteiger charge is 2.25. The SMILES string of the molecule is COc1cc(S(=O)(=O)NCCOc2ccccc2)c(OC)c2c(C)cc(=O)[nH]c12. The predicted octanol–water partition coefficient (Wildman–Crippen LogP) is 2.21. The normalized spacial score (nSPS) is 11.4. The van der Waals surface area contributed by atoms with Gasteiger partial charge >= 0.3 is 0 Å². The highest BCUT2D eigenvalue weighted by molar-refractivity contribution is 7.89. The van der Waals surface area contributed by atoms with Gasteiger partial charge in [0.05, 0.1) is 19.7 Å². The van der Waals surface area contributed by atoms with Crippen molar-refractivity contribution >= 4 is 20.9 Å². The lowest BCUT2D eigenvalue weighted by molar-refractivity contribution is 0.322. The minimum absolute atomic E-state index is 0.0609. The molecule has 29 heavy (non-hydrogen) atoms. The summed E-state index contributed by atoms with van der Waals surface area (Å²) in [5, 5.41) is 0.465. The van der Waals surface area contributed by atoms with E-state index in [9.17, 15) is 13.2 Å². The van der Waals surface area contributed by atoms with E-state index in [4.69, 9.17) is 14.2 Å². The molecule has 8 nitrogen and oxygen atoms in total. The second-order valence-corrected chi connectivity index (χ2v) is 7.97. The number of H-pyrrole nitrogens is 1. The number of rotatable bonds is 8. The second-order valence-electron chi connectivity index (χ2n) is 6.24. The zero-order chi connectivity index (χ0) is 21.0. The Bertz CT molecular complexity index is 1170. The van der Waals surface area contributed by atoms with Gasteiger partial charge in [0.15, 0.2) is 0 Å². The molecule has 0 aliphatic carbocycles. The van der Waals surface area contributed by atoms with Crippen LogP contribution in [-0.2, 0) is 10.0 Å². The topological polar surface area (TPSA) is 107 Å². The minimum atomic E-state index is -3.94. The van der Waals surface area contributed by atoms with Crippen molar-refractivity contribution in [3.8, 4) is 17.2 Å². The maximum absolute atomic E-state index is 12.9. The third-order valence-electron chi connectivity index (χ3n) is 4.32. The van der Waals surface area contributed by atoms with E-state index in [0.717, 1.165) is 0 Å². The summed E-state index contributed by atoms with van der Waals surface area (Å²) in [5.74, 6) is 1.00. The Morgan fingerprint density at radius 2 is 1.79 bits per heavy atom. The van der Waals surface area contributed by atoms with Crippen molar-refractivity contribution in [3.05, 3.63) is 58.4 Å². The first-order valence-electron chi connectivity index (χ1n) is 8.83. The largest absolute Gasteiger partial charge is 0.495 e. The van der Waals surface area contributed by atoms with E-state index < -0.39 is 10.0 Å². The number of hydrogen-bond donors (Lipinski definition) is 2. The molecule has 9 heteroatoms. The van der Waals surface area contributed by atoms with Gasteiger partial charge < -0.3 is 19.2 Å². The van der Waals surface area contributed by atoms with Crippen LogP contribution in [0.1, 0.15) is 5.56 Å². The highest BCUT2D eigenvalue weighted by Crippen LogP contribution is 2.39. The fraction of sp³-hybridized carbons (Fsp3) is 0.250. The molecule has 0 saturated heterocycles. The summed E-state index contributed by atoms with van der Waals surface area (Å²) in [5.41, 5.74) is 0.631. The Morgan fingerprint density at radius 3 is 2.45 bits per heavy atom. The van der Waals surface area contributed by atoms with Gasteiger partial charge in [0.2, 0.25) is 15.6 Å². The molecule has 3 rings (SSSR count). The van der Waals surface area contributed by atoms with Gasteiger partial charge in [0, 0.05) is 24.1 Å². The molecule has 0 saturated carbocycles. The van der Waals surface area contributed by atoms with Gasteiger partial charge in [0.1, 0.15) is 28.8 Å². The Labute approximate surface area is 168 Å². The molecule has 0 aliphatic rings. The van der Waals surface area contributed by atoms with Crippen LogP contribution < -0.4 is 24.5 Å². The van der Waals surface area contributed by atoms with Gasteiger partial charge in [-0.05, 0) is 24.6 Å². The van der Waals surface area contributed by atoms with Crippen LogP contribution in [0.15, 0.2) is 52.2 Å². The lowest BCUT2D eigenvalue weighted by Crippen LogP contribution is -2.28.